The van der Waals surface area contributed by atoms with Gasteiger partial charge in [-0.05, 0) is 43.0 Å². The van der Waals surface area contributed by atoms with Gasteiger partial charge in [0.25, 0.3) is 0 Å². The molecule has 1 amide bonds. The van der Waals surface area contributed by atoms with Crippen molar-refractivity contribution in [1.82, 2.24) is 14.8 Å². The molecule has 1 aromatic carbocycles. The van der Waals surface area contributed by atoms with Crippen LogP contribution in [0.1, 0.15) is 24.8 Å². The van der Waals surface area contributed by atoms with Crippen molar-refractivity contribution in [1.29, 1.82) is 0 Å². The van der Waals surface area contributed by atoms with Crippen molar-refractivity contribution in [3.63, 3.8) is 0 Å². The smallest absolute Gasteiger partial charge is 0.222 e. The van der Waals surface area contributed by atoms with Crippen LogP contribution in [0.5, 0.6) is 5.75 Å². The number of carbonyl (C=O) groups is 1. The largest absolute Gasteiger partial charge is 0.495 e. The van der Waals surface area contributed by atoms with Crippen LogP contribution in [0.3, 0.4) is 0 Å². The molecule has 0 radical (unpaired) electrons. The molecule has 30 heavy (non-hydrogen) atoms. The lowest BCUT2D eigenvalue weighted by Gasteiger charge is -2.44. The van der Waals surface area contributed by atoms with Gasteiger partial charge in [-0.3, -0.25) is 14.7 Å². The molecule has 0 N–H and O–H groups in total. The number of rotatable bonds is 6. The second-order valence-corrected chi connectivity index (χ2v) is 8.19. The topological polar surface area (TPSA) is 48.9 Å². The lowest BCUT2D eigenvalue weighted by atomic mass is 10.0. The van der Waals surface area contributed by atoms with Gasteiger partial charge in [0.2, 0.25) is 5.91 Å². The predicted molar refractivity (Wildman–Crippen MR) is 119 cm³/mol. The Morgan fingerprint density at radius 2 is 1.93 bits per heavy atom. The van der Waals surface area contributed by atoms with Crippen LogP contribution in [-0.4, -0.2) is 73.1 Å². The molecular weight excluding hydrogens is 376 g/mol. The molecule has 2 saturated heterocycles. The Hall–Kier alpha value is -2.60. The summed E-state index contributed by atoms with van der Waals surface area (Å²) in [5, 5.41) is 0. The standard InChI is InChI=1S/C24H32N4O2/c1-30-23-9-3-2-8-22(23)27-16-14-26(15-17-27)21-7-5-13-28(19-21)24(29)11-10-20-6-4-12-25-18-20/h2-4,6,8-9,12,18,21H,5,7,10-11,13-17,19H2,1H3/t21-/m0/s1. The van der Waals surface area contributed by atoms with Gasteiger partial charge < -0.3 is 14.5 Å². The maximum absolute atomic E-state index is 12.8. The molecule has 160 valence electrons. The number of hydrogen-bond acceptors (Lipinski definition) is 5. The number of anilines is 1. The molecule has 2 aliphatic heterocycles. The highest BCUT2D eigenvalue weighted by Gasteiger charge is 2.30. The van der Waals surface area contributed by atoms with Gasteiger partial charge in [0, 0.05) is 64.1 Å². The van der Waals surface area contributed by atoms with Crippen LogP contribution >= 0.6 is 0 Å². The fourth-order valence-electron chi connectivity index (χ4n) is 4.65. The molecule has 0 spiro atoms. The minimum atomic E-state index is 0.274. The summed E-state index contributed by atoms with van der Waals surface area (Å²) in [7, 11) is 1.73. The van der Waals surface area contributed by atoms with Crippen molar-refractivity contribution in [3.8, 4) is 5.75 Å². The van der Waals surface area contributed by atoms with Gasteiger partial charge in [-0.1, -0.05) is 18.2 Å². The van der Waals surface area contributed by atoms with E-state index < -0.39 is 0 Å². The third-order valence-corrected chi connectivity index (χ3v) is 6.36. The van der Waals surface area contributed by atoms with E-state index in [-0.39, 0.29) is 5.91 Å². The van der Waals surface area contributed by atoms with Gasteiger partial charge in [-0.15, -0.1) is 0 Å². The summed E-state index contributed by atoms with van der Waals surface area (Å²) in [6.45, 7) is 5.79. The zero-order chi connectivity index (χ0) is 20.8. The normalized spacial score (nSPS) is 20.2. The molecule has 1 atom stereocenters. The summed E-state index contributed by atoms with van der Waals surface area (Å²) in [4.78, 5) is 24.0. The zero-order valence-corrected chi connectivity index (χ0v) is 17.9. The van der Waals surface area contributed by atoms with E-state index in [2.05, 4.69) is 31.8 Å². The molecule has 2 aliphatic rings. The molecule has 0 aliphatic carbocycles. The highest BCUT2D eigenvalue weighted by molar-refractivity contribution is 5.76. The molecule has 1 aromatic heterocycles. The summed E-state index contributed by atoms with van der Waals surface area (Å²) >= 11 is 0. The van der Waals surface area contributed by atoms with Crippen molar-refractivity contribution in [3.05, 3.63) is 54.4 Å². The van der Waals surface area contributed by atoms with Gasteiger partial charge >= 0.3 is 0 Å². The van der Waals surface area contributed by atoms with Gasteiger partial charge in [-0.25, -0.2) is 0 Å². The third-order valence-electron chi connectivity index (χ3n) is 6.36. The number of aromatic nitrogens is 1. The number of para-hydroxylation sites is 2. The Morgan fingerprint density at radius 1 is 1.10 bits per heavy atom. The fraction of sp³-hybridized carbons (Fsp3) is 0.500. The Morgan fingerprint density at radius 3 is 2.70 bits per heavy atom. The number of aryl methyl sites for hydroxylation is 1. The summed E-state index contributed by atoms with van der Waals surface area (Å²) in [5.41, 5.74) is 2.31. The number of piperazine rings is 1. The zero-order valence-electron chi connectivity index (χ0n) is 17.9. The number of amides is 1. The van der Waals surface area contributed by atoms with Gasteiger partial charge in [-0.2, -0.15) is 0 Å². The highest BCUT2D eigenvalue weighted by Crippen LogP contribution is 2.29. The quantitative estimate of drug-likeness (QED) is 0.736. The van der Waals surface area contributed by atoms with Crippen molar-refractivity contribution < 1.29 is 9.53 Å². The summed E-state index contributed by atoms with van der Waals surface area (Å²) in [5.74, 6) is 1.21. The highest BCUT2D eigenvalue weighted by atomic mass is 16.5. The van der Waals surface area contributed by atoms with Crippen LogP contribution in [0.15, 0.2) is 48.8 Å². The minimum absolute atomic E-state index is 0.274. The lowest BCUT2D eigenvalue weighted by molar-refractivity contribution is -0.133. The van der Waals surface area contributed by atoms with Gasteiger partial charge in [0.1, 0.15) is 5.75 Å². The number of benzene rings is 1. The molecule has 0 unspecified atom stereocenters. The fourth-order valence-corrected chi connectivity index (χ4v) is 4.65. The summed E-state index contributed by atoms with van der Waals surface area (Å²) in [6, 6.07) is 12.7. The SMILES string of the molecule is COc1ccccc1N1CCN([C@H]2CCCN(C(=O)CCc3cccnc3)C2)CC1. The molecule has 6 nitrogen and oxygen atoms in total. The molecule has 2 fully saturated rings. The number of pyridine rings is 1. The van der Waals surface area contributed by atoms with Crippen molar-refractivity contribution in [2.75, 3.05) is 51.3 Å². The van der Waals surface area contributed by atoms with E-state index in [4.69, 9.17) is 4.74 Å². The first kappa shape index (κ1) is 20.7. The first-order chi connectivity index (χ1) is 14.7. The third kappa shape index (κ3) is 4.93. The lowest BCUT2D eigenvalue weighted by Crippen LogP contribution is -2.56. The first-order valence-corrected chi connectivity index (χ1v) is 11.0. The number of piperidine rings is 1. The van der Waals surface area contributed by atoms with Gasteiger partial charge in [0.15, 0.2) is 0 Å². The van der Waals surface area contributed by atoms with E-state index in [0.717, 1.165) is 63.4 Å². The van der Waals surface area contributed by atoms with Crippen molar-refractivity contribution in [2.24, 2.45) is 0 Å². The van der Waals surface area contributed by atoms with Crippen LogP contribution < -0.4 is 9.64 Å². The maximum Gasteiger partial charge on any atom is 0.222 e. The minimum Gasteiger partial charge on any atom is -0.495 e. The second-order valence-electron chi connectivity index (χ2n) is 8.19. The molecule has 4 rings (SSSR count). The molecule has 3 heterocycles. The van der Waals surface area contributed by atoms with E-state index in [1.165, 1.54) is 12.1 Å². The van der Waals surface area contributed by atoms with Crippen LogP contribution in [0.25, 0.3) is 0 Å². The number of hydrogen-bond donors (Lipinski definition) is 0. The maximum atomic E-state index is 12.8. The van der Waals surface area contributed by atoms with Crippen LogP contribution in [0.2, 0.25) is 0 Å². The second kappa shape index (κ2) is 9.94. The number of methoxy groups -OCH3 is 1. The molecule has 2 aromatic rings. The first-order valence-electron chi connectivity index (χ1n) is 11.0. The van der Waals surface area contributed by atoms with Crippen molar-refractivity contribution in [2.45, 2.75) is 31.7 Å². The van der Waals surface area contributed by atoms with Gasteiger partial charge in [0.05, 0.1) is 12.8 Å². The predicted octanol–water partition coefficient (Wildman–Crippen LogP) is 2.84. The van der Waals surface area contributed by atoms with Crippen LogP contribution in [0, 0.1) is 0 Å². The number of nitrogens with zero attached hydrogens (tertiary/aromatic N) is 4. The average Bonchev–Trinajstić information content (AvgIpc) is 2.83. The molecule has 0 bridgehead atoms. The van der Waals surface area contributed by atoms with E-state index >= 15 is 0 Å². The van der Waals surface area contributed by atoms with Crippen LogP contribution in [0.4, 0.5) is 5.69 Å². The summed E-state index contributed by atoms with van der Waals surface area (Å²) < 4.78 is 5.53. The van der Waals surface area contributed by atoms with E-state index in [1.807, 2.05) is 30.5 Å². The molecule has 6 heteroatoms. The molecule has 0 saturated carbocycles. The van der Waals surface area contributed by atoms with Crippen LogP contribution in [-0.2, 0) is 11.2 Å². The number of likely N-dealkylation sites (tertiary alicyclic amines) is 1. The summed E-state index contributed by atoms with van der Waals surface area (Å²) in [6.07, 6.45) is 7.24. The number of carbonyl (C=O) groups excluding carboxylic acids is 1. The van der Waals surface area contributed by atoms with Crippen molar-refractivity contribution >= 4 is 11.6 Å². The monoisotopic (exact) mass is 408 g/mol. The number of ether oxygens (including phenoxy) is 1. The Labute approximate surface area is 179 Å². The Kier molecular flexibility index (Phi) is 6.84. The Bertz CT molecular complexity index is 821. The average molecular weight is 409 g/mol. The van der Waals surface area contributed by atoms with E-state index in [9.17, 15) is 4.79 Å². The molecular formula is C24H32N4O2. The van der Waals surface area contributed by atoms with E-state index in [1.54, 1.807) is 13.3 Å². The van der Waals surface area contributed by atoms with E-state index in [0.29, 0.717) is 12.5 Å². The Balaban J connectivity index is 1.28.